The van der Waals surface area contributed by atoms with Crippen LogP contribution in [0, 0.1) is 0 Å². The molecule has 0 aliphatic carbocycles. The first-order chi connectivity index (χ1) is 17.6. The number of phenolic OH excluding ortho intramolecular Hbond substituents is 1. The molecule has 9 heteroatoms. The lowest BCUT2D eigenvalue weighted by Gasteiger charge is -2.27. The number of amides is 2. The highest BCUT2D eigenvalue weighted by Gasteiger charge is 2.37. The van der Waals surface area contributed by atoms with Crippen LogP contribution in [0.3, 0.4) is 0 Å². The number of halogens is 3. The Labute approximate surface area is 213 Å². The van der Waals surface area contributed by atoms with E-state index in [-0.39, 0.29) is 49.4 Å². The zero-order chi connectivity index (χ0) is 27.0. The summed E-state index contributed by atoms with van der Waals surface area (Å²) < 4.78 is 47.3. The van der Waals surface area contributed by atoms with E-state index in [0.717, 1.165) is 5.56 Å². The highest BCUT2D eigenvalue weighted by molar-refractivity contribution is 5.78. The molecule has 0 heterocycles. The molecule has 0 radical (unpaired) electrons. The van der Waals surface area contributed by atoms with Crippen LogP contribution >= 0.6 is 0 Å². The number of nitrogens with one attached hydrogen (secondary N) is 1. The number of hydrogen-bond donors (Lipinski definition) is 2. The molecular weight excluding hydrogens is 485 g/mol. The molecule has 37 heavy (non-hydrogen) atoms. The topological polar surface area (TPSA) is 78.9 Å². The van der Waals surface area contributed by atoms with Gasteiger partial charge >= 0.3 is 18.2 Å². The minimum atomic E-state index is -4.78. The smallest absolute Gasteiger partial charge is 0.416 e. The van der Waals surface area contributed by atoms with Crippen molar-refractivity contribution in [1.29, 1.82) is 0 Å². The van der Waals surface area contributed by atoms with Crippen molar-refractivity contribution in [3.8, 4) is 16.9 Å². The van der Waals surface area contributed by atoms with Crippen LogP contribution in [0.2, 0.25) is 0 Å². The fraction of sp³-hybridized carbons (Fsp3) is 0.286. The lowest BCUT2D eigenvalue weighted by atomic mass is 9.88. The summed E-state index contributed by atoms with van der Waals surface area (Å²) in [5.74, 6) is -1.17. The molecule has 0 saturated heterocycles. The number of ether oxygens (including phenoxy) is 1. The molecule has 0 bridgehead atoms. The van der Waals surface area contributed by atoms with Crippen molar-refractivity contribution < 1.29 is 32.6 Å². The van der Waals surface area contributed by atoms with E-state index in [0.29, 0.717) is 11.6 Å². The Morgan fingerprint density at radius 2 is 1.62 bits per heavy atom. The highest BCUT2D eigenvalue weighted by Crippen LogP contribution is 2.43. The zero-order valence-corrected chi connectivity index (χ0v) is 20.6. The van der Waals surface area contributed by atoms with Crippen LogP contribution in [0.5, 0.6) is 5.75 Å². The number of carbonyl (C=O) groups is 2. The zero-order valence-electron chi connectivity index (χ0n) is 20.6. The van der Waals surface area contributed by atoms with Crippen molar-refractivity contribution in [1.82, 2.24) is 10.2 Å². The van der Waals surface area contributed by atoms with Crippen molar-refractivity contribution in [3.05, 3.63) is 89.0 Å². The summed E-state index contributed by atoms with van der Waals surface area (Å²) in [4.78, 5) is 25.7. The van der Waals surface area contributed by atoms with Crippen molar-refractivity contribution >= 4 is 12.0 Å². The van der Waals surface area contributed by atoms with Gasteiger partial charge in [-0.25, -0.2) is 4.79 Å². The Balaban J connectivity index is 2.07. The van der Waals surface area contributed by atoms with E-state index in [1.807, 2.05) is 30.3 Å². The number of aromatic hydroxyl groups is 1. The Kier molecular flexibility index (Phi) is 9.16. The molecule has 0 fully saturated rings. The highest BCUT2D eigenvalue weighted by atomic mass is 19.4. The normalized spacial score (nSPS) is 11.2. The van der Waals surface area contributed by atoms with Crippen molar-refractivity contribution in [2.75, 3.05) is 13.2 Å². The summed E-state index contributed by atoms with van der Waals surface area (Å²) in [6.07, 6.45) is -5.02. The number of phenols is 1. The van der Waals surface area contributed by atoms with Gasteiger partial charge in [0.05, 0.1) is 12.2 Å². The summed E-state index contributed by atoms with van der Waals surface area (Å²) in [5, 5.41) is 13.6. The van der Waals surface area contributed by atoms with Gasteiger partial charge in [0.1, 0.15) is 5.75 Å². The largest absolute Gasteiger partial charge is 0.507 e. The van der Waals surface area contributed by atoms with Gasteiger partial charge < -0.3 is 20.1 Å². The van der Waals surface area contributed by atoms with Crippen LogP contribution in [0.15, 0.2) is 66.7 Å². The van der Waals surface area contributed by atoms with Crippen LogP contribution in [-0.4, -0.2) is 35.2 Å². The van der Waals surface area contributed by atoms with Gasteiger partial charge in [-0.1, -0.05) is 60.7 Å². The molecule has 0 aliphatic heterocycles. The quantitative estimate of drug-likeness (QED) is 0.348. The number of esters is 1. The van der Waals surface area contributed by atoms with Gasteiger partial charge in [-0.15, -0.1) is 0 Å². The number of alkyl halides is 3. The Hall–Kier alpha value is -4.01. The molecule has 3 rings (SSSR count). The summed E-state index contributed by atoms with van der Waals surface area (Å²) in [5.41, 5.74) is 0.532. The molecule has 0 spiro atoms. The molecule has 6 nitrogen and oxygen atoms in total. The van der Waals surface area contributed by atoms with Crippen LogP contribution in [0.4, 0.5) is 18.0 Å². The number of rotatable bonds is 9. The maximum Gasteiger partial charge on any atom is 0.416 e. The predicted octanol–water partition coefficient (Wildman–Crippen LogP) is 5.92. The van der Waals surface area contributed by atoms with Crippen molar-refractivity contribution in [3.63, 3.8) is 0 Å². The Morgan fingerprint density at radius 1 is 1.00 bits per heavy atom. The SMILES string of the molecule is CCN(Cc1c(CCOC(C)=O)c(C(F)(F)F)cc(O)c1-c1ccccc1)C(=O)NCc1ccccc1. The second-order valence-electron chi connectivity index (χ2n) is 8.39. The van der Waals surface area contributed by atoms with Crippen molar-refractivity contribution in [2.24, 2.45) is 0 Å². The summed E-state index contributed by atoms with van der Waals surface area (Å²) >= 11 is 0. The molecule has 0 aliphatic rings. The maximum atomic E-state index is 14.1. The third-order valence-corrected chi connectivity index (χ3v) is 5.86. The number of urea groups is 1. The van der Waals surface area contributed by atoms with Gasteiger partial charge in [0.15, 0.2) is 0 Å². The van der Waals surface area contributed by atoms with Gasteiger partial charge in [-0.05, 0) is 35.2 Å². The standard InChI is InChI=1S/C28H29F3N2O4/c1-3-33(27(36)32-17-20-10-6-4-7-11-20)18-23-22(14-15-37-19(2)34)24(28(29,30)31)16-25(35)26(23)21-12-8-5-9-13-21/h4-13,16,35H,3,14-15,17-18H2,1-2H3,(H,32,36). The van der Waals surface area contributed by atoms with Gasteiger partial charge in [0.25, 0.3) is 0 Å². The Morgan fingerprint density at radius 3 is 2.19 bits per heavy atom. The maximum absolute atomic E-state index is 14.1. The number of benzene rings is 3. The number of carbonyl (C=O) groups excluding carboxylic acids is 2. The molecule has 2 amide bonds. The fourth-order valence-electron chi connectivity index (χ4n) is 4.10. The second-order valence-corrected chi connectivity index (χ2v) is 8.39. The molecule has 3 aromatic rings. The summed E-state index contributed by atoms with van der Waals surface area (Å²) in [7, 11) is 0. The lowest BCUT2D eigenvalue weighted by molar-refractivity contribution is -0.141. The van der Waals surface area contributed by atoms with Crippen LogP contribution < -0.4 is 5.32 Å². The minimum Gasteiger partial charge on any atom is -0.507 e. The fourth-order valence-corrected chi connectivity index (χ4v) is 4.10. The van der Waals surface area contributed by atoms with Crippen LogP contribution in [0.1, 0.15) is 36.1 Å². The van der Waals surface area contributed by atoms with E-state index in [9.17, 15) is 27.9 Å². The first kappa shape index (κ1) is 27.6. The summed E-state index contributed by atoms with van der Waals surface area (Å²) in [6.45, 7) is 2.86. The van der Waals surface area contributed by atoms with E-state index in [2.05, 4.69) is 5.32 Å². The first-order valence-electron chi connectivity index (χ1n) is 11.8. The number of nitrogens with zero attached hydrogens (tertiary/aromatic N) is 1. The van der Waals surface area contributed by atoms with Crippen molar-refractivity contribution in [2.45, 2.75) is 39.5 Å². The van der Waals surface area contributed by atoms with Gasteiger partial charge in [-0.3, -0.25) is 4.79 Å². The number of hydrogen-bond acceptors (Lipinski definition) is 4. The first-order valence-corrected chi connectivity index (χ1v) is 11.8. The molecule has 0 aromatic heterocycles. The Bertz CT molecular complexity index is 1220. The van der Waals surface area contributed by atoms with Gasteiger partial charge in [-0.2, -0.15) is 13.2 Å². The average molecular weight is 515 g/mol. The van der Waals surface area contributed by atoms with Crippen LogP contribution in [-0.2, 0) is 35.2 Å². The molecule has 3 aromatic carbocycles. The van der Waals surface area contributed by atoms with E-state index < -0.39 is 29.5 Å². The minimum absolute atomic E-state index is 0.139. The van der Waals surface area contributed by atoms with Gasteiger partial charge in [0.2, 0.25) is 0 Å². The molecule has 2 N–H and O–H groups in total. The van der Waals surface area contributed by atoms with Crippen LogP contribution in [0.25, 0.3) is 11.1 Å². The third-order valence-electron chi connectivity index (χ3n) is 5.86. The summed E-state index contributed by atoms with van der Waals surface area (Å²) in [6, 6.07) is 18.0. The second kappa shape index (κ2) is 12.3. The average Bonchev–Trinajstić information content (AvgIpc) is 2.87. The molecule has 0 unspecified atom stereocenters. The molecule has 196 valence electrons. The molecular formula is C28H29F3N2O4. The molecule has 0 saturated carbocycles. The van der Waals surface area contributed by atoms with E-state index in [1.54, 1.807) is 37.3 Å². The lowest BCUT2D eigenvalue weighted by Crippen LogP contribution is -2.39. The molecule has 0 atom stereocenters. The monoisotopic (exact) mass is 514 g/mol. The van der Waals surface area contributed by atoms with E-state index in [1.165, 1.54) is 11.8 Å². The van der Waals surface area contributed by atoms with E-state index >= 15 is 0 Å². The van der Waals surface area contributed by atoms with E-state index in [4.69, 9.17) is 4.74 Å². The predicted molar refractivity (Wildman–Crippen MR) is 134 cm³/mol. The van der Waals surface area contributed by atoms with Gasteiger partial charge in [0, 0.05) is 38.5 Å². The third kappa shape index (κ3) is 7.25.